The number of carbonyl (C=O) groups excluding carboxylic acids is 3. The highest BCUT2D eigenvalue weighted by Gasteiger charge is 2.46. The van der Waals surface area contributed by atoms with E-state index in [2.05, 4.69) is 5.32 Å². The second kappa shape index (κ2) is 15.1. The number of aliphatic hydroxyl groups excluding tert-OH is 1. The number of nitro benzene ring substituents is 2. The number of hydrogen-bond acceptors (Lipinski definition) is 9. The van der Waals surface area contributed by atoms with E-state index in [4.69, 9.17) is 10.8 Å². The van der Waals surface area contributed by atoms with Crippen molar-refractivity contribution in [2.75, 3.05) is 27.5 Å². The van der Waals surface area contributed by atoms with Crippen molar-refractivity contribution in [1.29, 1.82) is 0 Å². The van der Waals surface area contributed by atoms with E-state index in [-0.39, 0.29) is 47.8 Å². The van der Waals surface area contributed by atoms with E-state index in [9.17, 15) is 34.6 Å². The largest absolute Gasteiger partial charge is 0.399 e. The molecule has 3 amide bonds. The molecule has 3 aliphatic heterocycles. The molecule has 0 atom stereocenters. The predicted molar refractivity (Wildman–Crippen MR) is 203 cm³/mol. The zero-order valence-electron chi connectivity index (χ0n) is 31.7. The molecule has 3 aromatic carbocycles. The quantitative estimate of drug-likeness (QED) is 0.148. The van der Waals surface area contributed by atoms with Gasteiger partial charge in [0, 0.05) is 65.7 Å². The minimum atomic E-state index is -0.703. The third kappa shape index (κ3) is 7.61. The maximum absolute atomic E-state index is 12.4. The summed E-state index contributed by atoms with van der Waals surface area (Å²) < 4.78 is 0. The Bertz CT molecular complexity index is 1900. The van der Waals surface area contributed by atoms with Crippen LogP contribution in [-0.4, -0.2) is 51.4 Å². The van der Waals surface area contributed by atoms with Gasteiger partial charge in [-0.2, -0.15) is 0 Å². The summed E-state index contributed by atoms with van der Waals surface area (Å²) in [4.78, 5) is 60.3. The molecule has 4 N–H and O–H groups in total. The van der Waals surface area contributed by atoms with Gasteiger partial charge in [-0.05, 0) is 123 Å². The first-order valence-electron chi connectivity index (χ1n) is 17.0. The first kappa shape index (κ1) is 41.1. The van der Waals surface area contributed by atoms with Gasteiger partial charge in [-0.15, -0.1) is 0 Å². The lowest BCUT2D eigenvalue weighted by Gasteiger charge is -2.24. The van der Waals surface area contributed by atoms with Crippen LogP contribution in [0, 0.1) is 20.2 Å². The lowest BCUT2D eigenvalue weighted by Crippen LogP contribution is -2.40. The van der Waals surface area contributed by atoms with E-state index < -0.39 is 26.1 Å². The number of aliphatic hydroxyl groups is 1. The molecule has 14 nitrogen and oxygen atoms in total. The molecule has 0 saturated heterocycles. The number of nitrogens with one attached hydrogen (secondary N) is 1. The number of rotatable bonds is 4. The van der Waals surface area contributed by atoms with Gasteiger partial charge in [0.2, 0.25) is 17.7 Å². The second-order valence-corrected chi connectivity index (χ2v) is 14.9. The van der Waals surface area contributed by atoms with Crippen LogP contribution in [0.25, 0.3) is 0 Å². The average molecular weight is 719 g/mol. The van der Waals surface area contributed by atoms with Crippen LogP contribution < -0.4 is 20.9 Å². The summed E-state index contributed by atoms with van der Waals surface area (Å²) in [6.07, 6.45) is 0. The smallest absolute Gasteiger partial charge is 0.269 e. The number of amides is 3. The van der Waals surface area contributed by atoms with Crippen molar-refractivity contribution in [2.45, 2.75) is 104 Å². The molecular weight excluding hydrogens is 668 g/mol. The molecule has 3 heterocycles. The standard InChI is InChI=1S/C13H16N2O3.C13H18N2O.C10H10N2O3.C2H6O/c1-8(2)14-11-6-5-9(15(17)18)7-10(11)13(3,4)12(14)16;1-8(2)15-11-6-5-9(14)7-10(11)13(3,4)12(15)16;1-10(2)7-5-6(12(14)15)3-4-8(7)11-9(10)13;1-2-3/h5-8H,1-4H3;5-8H,14H2,1-4H3;3-5H,1-2H3,(H,11,13);3H,2H2,1H3. The number of anilines is 4. The molecular formula is C38H50N6O8. The molecule has 14 heteroatoms. The van der Waals surface area contributed by atoms with E-state index in [0.29, 0.717) is 16.9 Å². The number of nitro groups is 2. The molecule has 0 radical (unpaired) electrons. The van der Waals surface area contributed by atoms with Crippen LogP contribution in [0.4, 0.5) is 34.1 Å². The van der Waals surface area contributed by atoms with E-state index in [1.807, 2.05) is 64.6 Å². The molecule has 52 heavy (non-hydrogen) atoms. The predicted octanol–water partition coefficient (Wildman–Crippen LogP) is 6.75. The normalized spacial score (nSPS) is 16.8. The van der Waals surface area contributed by atoms with E-state index in [1.54, 1.807) is 51.7 Å². The molecule has 280 valence electrons. The first-order chi connectivity index (χ1) is 24.0. The fourth-order valence-electron chi connectivity index (χ4n) is 6.36. The van der Waals surface area contributed by atoms with Crippen LogP contribution in [0.1, 0.15) is 92.9 Å². The second-order valence-electron chi connectivity index (χ2n) is 14.9. The van der Waals surface area contributed by atoms with Crippen LogP contribution in [-0.2, 0) is 30.6 Å². The Labute approximate surface area is 304 Å². The Kier molecular flexibility index (Phi) is 11.9. The molecule has 3 aliphatic rings. The number of nitrogens with zero attached hydrogens (tertiary/aromatic N) is 4. The van der Waals surface area contributed by atoms with Gasteiger partial charge in [0.05, 0.1) is 26.1 Å². The van der Waals surface area contributed by atoms with Crippen molar-refractivity contribution < 1.29 is 29.3 Å². The van der Waals surface area contributed by atoms with E-state index >= 15 is 0 Å². The Hall–Kier alpha value is -5.37. The summed E-state index contributed by atoms with van der Waals surface area (Å²) in [6.45, 7) is 20.9. The molecule has 0 spiro atoms. The summed E-state index contributed by atoms with van der Waals surface area (Å²) in [6, 6.07) is 15.0. The van der Waals surface area contributed by atoms with Crippen molar-refractivity contribution in [3.63, 3.8) is 0 Å². The van der Waals surface area contributed by atoms with Gasteiger partial charge in [0.25, 0.3) is 11.4 Å². The maximum Gasteiger partial charge on any atom is 0.269 e. The van der Waals surface area contributed by atoms with Gasteiger partial charge in [-0.25, -0.2) is 0 Å². The lowest BCUT2D eigenvalue weighted by atomic mass is 9.86. The third-order valence-corrected chi connectivity index (χ3v) is 9.32. The minimum Gasteiger partial charge on any atom is -0.399 e. The molecule has 0 aromatic heterocycles. The minimum absolute atomic E-state index is 0.00648. The molecule has 0 fully saturated rings. The van der Waals surface area contributed by atoms with Gasteiger partial charge >= 0.3 is 0 Å². The van der Waals surface area contributed by atoms with Crippen molar-refractivity contribution in [3.05, 3.63) is 91.5 Å². The van der Waals surface area contributed by atoms with Gasteiger partial charge in [-0.1, -0.05) is 0 Å². The number of nitrogens with two attached hydrogens (primary N) is 1. The van der Waals surface area contributed by atoms with Crippen LogP contribution in [0.2, 0.25) is 0 Å². The number of nitrogen functional groups attached to an aromatic ring is 1. The van der Waals surface area contributed by atoms with Gasteiger partial charge < -0.3 is 26.0 Å². The van der Waals surface area contributed by atoms with E-state index in [1.165, 1.54) is 24.3 Å². The Morgan fingerprint density at radius 1 is 0.692 bits per heavy atom. The monoisotopic (exact) mass is 718 g/mol. The van der Waals surface area contributed by atoms with Crippen molar-refractivity contribution >= 4 is 51.8 Å². The van der Waals surface area contributed by atoms with Gasteiger partial charge in [0.15, 0.2) is 0 Å². The average Bonchev–Trinajstić information content (AvgIpc) is 3.50. The SMILES string of the molecule is CC(C)N1C(=O)C(C)(C)c2cc(N)ccc21.CC(C)N1C(=O)C(C)(C)c2cc([N+](=O)[O-])ccc21.CC1(C)C(=O)Nc2ccc([N+](=O)[O-])cc21.CCO. The van der Waals surface area contributed by atoms with Crippen molar-refractivity contribution in [3.8, 4) is 0 Å². The van der Waals surface area contributed by atoms with Crippen LogP contribution in [0.3, 0.4) is 0 Å². The number of non-ortho nitro benzene ring substituents is 2. The Morgan fingerprint density at radius 2 is 1.08 bits per heavy atom. The molecule has 0 bridgehead atoms. The number of benzene rings is 3. The highest BCUT2D eigenvalue weighted by atomic mass is 16.6. The summed E-state index contributed by atoms with van der Waals surface area (Å²) in [5.74, 6) is 0.0223. The zero-order valence-corrected chi connectivity index (χ0v) is 31.7. The number of hydrogen-bond donors (Lipinski definition) is 3. The molecule has 6 rings (SSSR count). The third-order valence-electron chi connectivity index (χ3n) is 9.32. The summed E-state index contributed by atoms with van der Waals surface area (Å²) in [5.41, 5.74) is 9.58. The fourth-order valence-corrected chi connectivity index (χ4v) is 6.36. The summed E-state index contributed by atoms with van der Waals surface area (Å²) in [5, 5.41) is 31.7. The highest BCUT2D eigenvalue weighted by molar-refractivity contribution is 6.09. The van der Waals surface area contributed by atoms with Crippen LogP contribution >= 0.6 is 0 Å². The molecule has 0 aliphatic carbocycles. The van der Waals surface area contributed by atoms with Crippen molar-refractivity contribution in [1.82, 2.24) is 0 Å². The number of carbonyl (C=O) groups is 3. The Morgan fingerprint density at radius 3 is 1.50 bits per heavy atom. The van der Waals surface area contributed by atoms with Crippen LogP contribution in [0.15, 0.2) is 54.6 Å². The number of fused-ring (bicyclic) bond motifs is 3. The van der Waals surface area contributed by atoms with E-state index in [0.717, 1.165) is 22.5 Å². The fraction of sp³-hybridized carbons (Fsp3) is 0.447. The summed E-state index contributed by atoms with van der Waals surface area (Å²) >= 11 is 0. The Balaban J connectivity index is 0.000000203. The van der Waals surface area contributed by atoms with Crippen molar-refractivity contribution in [2.24, 2.45) is 0 Å². The van der Waals surface area contributed by atoms with Crippen LogP contribution in [0.5, 0.6) is 0 Å². The summed E-state index contributed by atoms with van der Waals surface area (Å²) in [7, 11) is 0. The molecule has 0 unspecified atom stereocenters. The molecule has 0 saturated carbocycles. The van der Waals surface area contributed by atoms with Gasteiger partial charge in [0.1, 0.15) is 0 Å². The topological polar surface area (TPSA) is 202 Å². The highest BCUT2D eigenvalue weighted by Crippen LogP contribution is 2.45. The lowest BCUT2D eigenvalue weighted by molar-refractivity contribution is -0.385. The maximum atomic E-state index is 12.4. The molecule has 3 aromatic rings. The first-order valence-corrected chi connectivity index (χ1v) is 17.0. The van der Waals surface area contributed by atoms with Gasteiger partial charge in [-0.3, -0.25) is 34.6 Å². The zero-order chi connectivity index (χ0) is 39.7.